The predicted molar refractivity (Wildman–Crippen MR) is 93.6 cm³/mol. The summed E-state index contributed by atoms with van der Waals surface area (Å²) in [5.41, 5.74) is 0. The molecule has 0 aromatic carbocycles. The van der Waals surface area contributed by atoms with E-state index < -0.39 is 6.10 Å². The van der Waals surface area contributed by atoms with E-state index in [2.05, 4.69) is 33.9 Å². The normalized spacial score (nSPS) is 18.1. The van der Waals surface area contributed by atoms with Crippen molar-refractivity contribution in [3.63, 3.8) is 0 Å². The second kappa shape index (κ2) is 8.10. The molecular weight excluding hydrogens is 318 g/mol. The van der Waals surface area contributed by atoms with Crippen LogP contribution in [0.25, 0.3) is 0 Å². The zero-order chi connectivity index (χ0) is 17.8. The summed E-state index contributed by atoms with van der Waals surface area (Å²) in [5, 5.41) is 14.6. The van der Waals surface area contributed by atoms with Crippen molar-refractivity contribution < 1.29 is 9.63 Å². The SMILES string of the molecule is CC(C)CCc1noc(CN2CCC(C(O)c3nccn3C)CC2)n1. The third kappa shape index (κ3) is 4.67. The van der Waals surface area contributed by atoms with E-state index in [0.29, 0.717) is 18.4 Å². The molecule has 2 aromatic rings. The second-order valence-corrected chi connectivity index (χ2v) is 7.49. The Balaban J connectivity index is 1.47. The van der Waals surface area contributed by atoms with Gasteiger partial charge in [-0.2, -0.15) is 4.98 Å². The summed E-state index contributed by atoms with van der Waals surface area (Å²) >= 11 is 0. The molecule has 1 aliphatic rings. The Labute approximate surface area is 149 Å². The highest BCUT2D eigenvalue weighted by molar-refractivity contribution is 4.98. The van der Waals surface area contributed by atoms with Gasteiger partial charge >= 0.3 is 0 Å². The van der Waals surface area contributed by atoms with Gasteiger partial charge in [0.2, 0.25) is 5.89 Å². The van der Waals surface area contributed by atoms with Crippen LogP contribution in [0.3, 0.4) is 0 Å². The number of hydrogen-bond acceptors (Lipinski definition) is 6. The molecule has 25 heavy (non-hydrogen) atoms. The summed E-state index contributed by atoms with van der Waals surface area (Å²) in [6.07, 6.45) is 6.97. The van der Waals surface area contributed by atoms with Crippen molar-refractivity contribution in [1.29, 1.82) is 0 Å². The van der Waals surface area contributed by atoms with Crippen molar-refractivity contribution in [2.75, 3.05) is 13.1 Å². The van der Waals surface area contributed by atoms with Gasteiger partial charge in [-0.05, 0) is 44.2 Å². The van der Waals surface area contributed by atoms with Crippen LogP contribution in [0.1, 0.15) is 56.8 Å². The van der Waals surface area contributed by atoms with Crippen LogP contribution in [0, 0.1) is 11.8 Å². The molecule has 1 atom stereocenters. The molecule has 7 heteroatoms. The molecule has 0 spiro atoms. The van der Waals surface area contributed by atoms with Crippen molar-refractivity contribution in [1.82, 2.24) is 24.6 Å². The molecule has 1 fully saturated rings. The molecule has 1 N–H and O–H groups in total. The lowest BCUT2D eigenvalue weighted by Gasteiger charge is -2.33. The summed E-state index contributed by atoms with van der Waals surface area (Å²) in [5.74, 6) is 3.16. The average Bonchev–Trinajstić information content (AvgIpc) is 3.22. The van der Waals surface area contributed by atoms with Crippen molar-refractivity contribution >= 4 is 0 Å². The molecule has 1 aliphatic heterocycles. The van der Waals surface area contributed by atoms with E-state index in [0.717, 1.165) is 50.4 Å². The van der Waals surface area contributed by atoms with E-state index in [-0.39, 0.29) is 5.92 Å². The smallest absolute Gasteiger partial charge is 0.240 e. The van der Waals surface area contributed by atoms with E-state index in [1.165, 1.54) is 0 Å². The van der Waals surface area contributed by atoms with Crippen LogP contribution in [0.2, 0.25) is 0 Å². The van der Waals surface area contributed by atoms with Crippen LogP contribution in [-0.4, -0.2) is 42.8 Å². The highest BCUT2D eigenvalue weighted by Gasteiger charge is 2.29. The standard InChI is InChI=1S/C18H29N5O2/c1-13(2)4-5-15-20-16(25-21-15)12-23-9-6-14(7-10-23)17(24)18-19-8-11-22(18)3/h8,11,13-14,17,24H,4-7,9-10,12H2,1-3H3. The minimum absolute atomic E-state index is 0.252. The van der Waals surface area contributed by atoms with Gasteiger partial charge in [0.15, 0.2) is 5.82 Å². The first-order chi connectivity index (χ1) is 12.0. The minimum atomic E-state index is -0.492. The zero-order valence-electron chi connectivity index (χ0n) is 15.4. The average molecular weight is 347 g/mol. The second-order valence-electron chi connectivity index (χ2n) is 7.49. The number of hydrogen-bond donors (Lipinski definition) is 1. The third-order valence-electron chi connectivity index (χ3n) is 5.02. The fraction of sp³-hybridized carbons (Fsp3) is 0.722. The van der Waals surface area contributed by atoms with E-state index in [4.69, 9.17) is 4.52 Å². The Hall–Kier alpha value is -1.73. The third-order valence-corrected chi connectivity index (χ3v) is 5.02. The highest BCUT2D eigenvalue weighted by atomic mass is 16.5. The Morgan fingerprint density at radius 1 is 1.32 bits per heavy atom. The molecule has 3 rings (SSSR count). The molecule has 1 unspecified atom stereocenters. The molecule has 2 aromatic heterocycles. The lowest BCUT2D eigenvalue weighted by atomic mass is 9.91. The maximum atomic E-state index is 10.6. The van der Waals surface area contributed by atoms with Crippen LogP contribution in [0.4, 0.5) is 0 Å². The molecule has 0 bridgehead atoms. The molecule has 0 radical (unpaired) electrons. The quantitative estimate of drug-likeness (QED) is 0.828. The summed E-state index contributed by atoms with van der Waals surface area (Å²) < 4.78 is 7.28. The number of nitrogens with zero attached hydrogens (tertiary/aromatic N) is 5. The number of aryl methyl sites for hydroxylation is 2. The molecule has 0 amide bonds. The number of rotatable bonds is 7. The first kappa shape index (κ1) is 18.1. The molecular formula is C18H29N5O2. The Kier molecular flexibility index (Phi) is 5.86. The lowest BCUT2D eigenvalue weighted by Crippen LogP contribution is -2.35. The highest BCUT2D eigenvalue weighted by Crippen LogP contribution is 2.30. The molecule has 138 valence electrons. The molecule has 0 saturated carbocycles. The van der Waals surface area contributed by atoms with Crippen molar-refractivity contribution in [3.8, 4) is 0 Å². The van der Waals surface area contributed by atoms with E-state index >= 15 is 0 Å². The van der Waals surface area contributed by atoms with Crippen molar-refractivity contribution in [3.05, 3.63) is 29.9 Å². The summed E-state index contributed by atoms with van der Waals surface area (Å²) in [6, 6.07) is 0. The molecule has 0 aliphatic carbocycles. The number of imidazole rings is 1. The summed E-state index contributed by atoms with van der Waals surface area (Å²) in [6.45, 7) is 6.95. The maximum Gasteiger partial charge on any atom is 0.240 e. The first-order valence-corrected chi connectivity index (χ1v) is 9.22. The minimum Gasteiger partial charge on any atom is -0.385 e. The van der Waals surface area contributed by atoms with E-state index in [9.17, 15) is 5.11 Å². The fourth-order valence-corrected chi connectivity index (χ4v) is 3.36. The molecule has 1 saturated heterocycles. The lowest BCUT2D eigenvalue weighted by molar-refractivity contribution is 0.0466. The largest absolute Gasteiger partial charge is 0.385 e. The van der Waals surface area contributed by atoms with Gasteiger partial charge in [-0.25, -0.2) is 4.98 Å². The first-order valence-electron chi connectivity index (χ1n) is 9.22. The molecule has 7 nitrogen and oxygen atoms in total. The van der Waals surface area contributed by atoms with Crippen LogP contribution in [0.15, 0.2) is 16.9 Å². The van der Waals surface area contributed by atoms with Gasteiger partial charge in [0.25, 0.3) is 0 Å². The number of aromatic nitrogens is 4. The maximum absolute atomic E-state index is 10.6. The predicted octanol–water partition coefficient (Wildman–Crippen LogP) is 2.34. The Morgan fingerprint density at radius 3 is 2.72 bits per heavy atom. The van der Waals surface area contributed by atoms with Crippen LogP contribution in [0.5, 0.6) is 0 Å². The Morgan fingerprint density at radius 2 is 2.08 bits per heavy atom. The van der Waals surface area contributed by atoms with E-state index in [1.54, 1.807) is 6.20 Å². The van der Waals surface area contributed by atoms with Crippen molar-refractivity contribution in [2.45, 2.75) is 52.2 Å². The Bertz CT molecular complexity index is 658. The topological polar surface area (TPSA) is 80.2 Å². The van der Waals surface area contributed by atoms with Crippen molar-refractivity contribution in [2.24, 2.45) is 18.9 Å². The van der Waals surface area contributed by atoms with Gasteiger partial charge in [0.1, 0.15) is 11.9 Å². The fourth-order valence-electron chi connectivity index (χ4n) is 3.36. The van der Waals surface area contributed by atoms with Crippen LogP contribution in [-0.2, 0) is 20.0 Å². The van der Waals surface area contributed by atoms with Crippen LogP contribution < -0.4 is 0 Å². The monoisotopic (exact) mass is 347 g/mol. The number of piperidine rings is 1. The number of likely N-dealkylation sites (tertiary alicyclic amines) is 1. The van der Waals surface area contributed by atoms with Gasteiger partial charge in [-0.15, -0.1) is 0 Å². The molecule has 3 heterocycles. The zero-order valence-corrected chi connectivity index (χ0v) is 15.4. The van der Waals surface area contributed by atoms with Gasteiger partial charge in [-0.1, -0.05) is 19.0 Å². The van der Waals surface area contributed by atoms with Gasteiger partial charge in [-0.3, -0.25) is 4.90 Å². The number of aliphatic hydroxyl groups is 1. The van der Waals surface area contributed by atoms with Gasteiger partial charge in [0, 0.05) is 25.9 Å². The summed E-state index contributed by atoms with van der Waals surface area (Å²) in [4.78, 5) is 11.1. The van der Waals surface area contributed by atoms with Crippen LogP contribution >= 0.6 is 0 Å². The number of aliphatic hydroxyl groups excluding tert-OH is 1. The van der Waals surface area contributed by atoms with Gasteiger partial charge in [0.05, 0.1) is 6.54 Å². The van der Waals surface area contributed by atoms with Gasteiger partial charge < -0.3 is 14.2 Å². The summed E-state index contributed by atoms with van der Waals surface area (Å²) in [7, 11) is 1.92. The van der Waals surface area contributed by atoms with E-state index in [1.807, 2.05) is 17.8 Å².